The molecule has 0 bridgehead atoms. The van der Waals surface area contributed by atoms with Crippen LogP contribution in [0, 0.1) is 5.92 Å². The van der Waals surface area contributed by atoms with Crippen molar-refractivity contribution < 1.29 is 14.3 Å². The summed E-state index contributed by atoms with van der Waals surface area (Å²) < 4.78 is 10.9. The summed E-state index contributed by atoms with van der Waals surface area (Å²) >= 11 is 0. The molecule has 2 aromatic rings. The summed E-state index contributed by atoms with van der Waals surface area (Å²) in [7, 11) is 3.29. The maximum absolute atomic E-state index is 13.1. The topological polar surface area (TPSA) is 51.7 Å². The van der Waals surface area contributed by atoms with Gasteiger partial charge in [0.2, 0.25) is 0 Å². The van der Waals surface area contributed by atoms with Crippen molar-refractivity contribution in [3.8, 4) is 11.5 Å². The maximum atomic E-state index is 13.1. The Kier molecular flexibility index (Phi) is 5.45. The highest BCUT2D eigenvalue weighted by atomic mass is 16.5. The molecule has 0 radical (unpaired) electrons. The molecule has 1 amide bonds. The monoisotopic (exact) mass is 354 g/mol. The van der Waals surface area contributed by atoms with Gasteiger partial charge in [0.25, 0.3) is 5.91 Å². The molecule has 1 atom stereocenters. The summed E-state index contributed by atoms with van der Waals surface area (Å²) in [6.45, 7) is 5.05. The minimum atomic E-state index is 0.0197. The lowest BCUT2D eigenvalue weighted by Gasteiger charge is -2.38. The van der Waals surface area contributed by atoms with Crippen LogP contribution < -0.4 is 9.47 Å². The zero-order chi connectivity index (χ0) is 18.7. The van der Waals surface area contributed by atoms with Gasteiger partial charge in [0.05, 0.1) is 25.8 Å². The van der Waals surface area contributed by atoms with Gasteiger partial charge in [-0.15, -0.1) is 0 Å². The number of rotatable bonds is 5. The zero-order valence-electron chi connectivity index (χ0n) is 15.9. The van der Waals surface area contributed by atoms with Gasteiger partial charge < -0.3 is 14.4 Å². The number of carbonyl (C=O) groups excluding carboxylic acids is 1. The molecule has 3 rings (SSSR count). The first-order valence-electron chi connectivity index (χ1n) is 9.01. The van der Waals surface area contributed by atoms with E-state index in [1.165, 1.54) is 5.56 Å². The second-order valence-corrected chi connectivity index (χ2v) is 7.04. The molecular weight excluding hydrogens is 328 g/mol. The van der Waals surface area contributed by atoms with Crippen molar-refractivity contribution in [3.63, 3.8) is 0 Å². The fourth-order valence-electron chi connectivity index (χ4n) is 3.63. The van der Waals surface area contributed by atoms with Gasteiger partial charge in [0.1, 0.15) is 0 Å². The number of fused-ring (bicyclic) bond motifs is 1. The van der Waals surface area contributed by atoms with E-state index in [1.807, 2.05) is 23.1 Å². The second-order valence-electron chi connectivity index (χ2n) is 7.04. The number of ether oxygens (including phenoxy) is 2. The summed E-state index contributed by atoms with van der Waals surface area (Å²) in [5.41, 5.74) is 3.01. The molecule has 5 heteroatoms. The maximum Gasteiger partial charge on any atom is 0.255 e. The van der Waals surface area contributed by atoms with E-state index in [2.05, 4.69) is 18.8 Å². The average molecular weight is 354 g/mol. The predicted octanol–water partition coefficient (Wildman–Crippen LogP) is 3.88. The summed E-state index contributed by atoms with van der Waals surface area (Å²) in [6.07, 6.45) is 5.02. The van der Waals surface area contributed by atoms with Crippen LogP contribution in [0.25, 0.3) is 0 Å². The van der Waals surface area contributed by atoms with Crippen LogP contribution in [-0.4, -0.2) is 36.6 Å². The van der Waals surface area contributed by atoms with Gasteiger partial charge in [-0.3, -0.25) is 9.78 Å². The van der Waals surface area contributed by atoms with Crippen molar-refractivity contribution in [3.05, 3.63) is 53.3 Å². The fourth-order valence-corrected chi connectivity index (χ4v) is 3.63. The molecule has 0 fully saturated rings. The summed E-state index contributed by atoms with van der Waals surface area (Å²) in [6, 6.07) is 7.73. The third-order valence-corrected chi connectivity index (χ3v) is 4.87. The van der Waals surface area contributed by atoms with Gasteiger partial charge in [-0.2, -0.15) is 0 Å². The summed E-state index contributed by atoms with van der Waals surface area (Å²) in [4.78, 5) is 19.2. The molecule has 0 spiro atoms. The van der Waals surface area contributed by atoms with E-state index >= 15 is 0 Å². The molecule has 0 saturated carbocycles. The van der Waals surface area contributed by atoms with E-state index in [4.69, 9.17) is 9.47 Å². The lowest BCUT2D eigenvalue weighted by Crippen LogP contribution is -2.40. The van der Waals surface area contributed by atoms with Gasteiger partial charge >= 0.3 is 0 Å². The second kappa shape index (κ2) is 7.77. The van der Waals surface area contributed by atoms with Crippen LogP contribution in [0.5, 0.6) is 11.5 Å². The first-order chi connectivity index (χ1) is 12.5. The molecule has 1 aromatic carbocycles. The molecule has 0 aliphatic carbocycles. The van der Waals surface area contributed by atoms with Crippen LogP contribution in [0.1, 0.15) is 47.8 Å². The fraction of sp³-hybridized carbons (Fsp3) is 0.429. The van der Waals surface area contributed by atoms with Crippen molar-refractivity contribution in [1.29, 1.82) is 0 Å². The first-order valence-corrected chi connectivity index (χ1v) is 9.01. The standard InChI is InChI=1S/C21H26N2O3/c1-14(2)10-18-17-12-20(26-4)19(25-3)11-15(17)7-9-23(18)21(24)16-6-5-8-22-13-16/h5-6,8,11-14,18H,7,9-10H2,1-4H3. The van der Waals surface area contributed by atoms with Crippen LogP contribution in [0.3, 0.4) is 0 Å². The van der Waals surface area contributed by atoms with E-state index in [9.17, 15) is 4.79 Å². The van der Waals surface area contributed by atoms with E-state index < -0.39 is 0 Å². The summed E-state index contributed by atoms with van der Waals surface area (Å²) in [5, 5.41) is 0. The molecule has 26 heavy (non-hydrogen) atoms. The SMILES string of the molecule is COc1cc2c(cc1OC)C(CC(C)C)N(C(=O)c1cccnc1)CC2. The minimum Gasteiger partial charge on any atom is -0.493 e. The Morgan fingerprint density at radius 1 is 1.27 bits per heavy atom. The Morgan fingerprint density at radius 2 is 2.00 bits per heavy atom. The van der Waals surface area contributed by atoms with Gasteiger partial charge in [0.15, 0.2) is 11.5 Å². The van der Waals surface area contributed by atoms with Crippen LogP contribution >= 0.6 is 0 Å². The molecule has 2 heterocycles. The number of amides is 1. The van der Waals surface area contributed by atoms with E-state index in [0.717, 1.165) is 24.2 Å². The van der Waals surface area contributed by atoms with Gasteiger partial charge in [-0.1, -0.05) is 13.8 Å². The third kappa shape index (κ3) is 3.52. The Labute approximate surface area is 155 Å². The molecule has 138 valence electrons. The van der Waals surface area contributed by atoms with E-state index in [0.29, 0.717) is 23.8 Å². The van der Waals surface area contributed by atoms with Crippen LogP contribution in [-0.2, 0) is 6.42 Å². The first kappa shape index (κ1) is 18.2. The van der Waals surface area contributed by atoms with Crippen molar-refractivity contribution in [2.24, 2.45) is 5.92 Å². The molecule has 0 N–H and O–H groups in total. The van der Waals surface area contributed by atoms with E-state index in [1.54, 1.807) is 32.7 Å². The highest BCUT2D eigenvalue weighted by Gasteiger charge is 2.33. The number of aromatic nitrogens is 1. The smallest absolute Gasteiger partial charge is 0.255 e. The average Bonchev–Trinajstić information content (AvgIpc) is 2.67. The number of hydrogen-bond donors (Lipinski definition) is 0. The zero-order valence-corrected chi connectivity index (χ0v) is 15.9. The quantitative estimate of drug-likeness (QED) is 0.817. The molecule has 1 aliphatic heterocycles. The number of benzene rings is 1. The minimum absolute atomic E-state index is 0.0197. The molecule has 1 aliphatic rings. The Morgan fingerprint density at radius 3 is 2.62 bits per heavy atom. The van der Waals surface area contributed by atoms with E-state index in [-0.39, 0.29) is 11.9 Å². The van der Waals surface area contributed by atoms with Crippen molar-refractivity contribution >= 4 is 5.91 Å². The Hall–Kier alpha value is -2.56. The molecule has 1 unspecified atom stereocenters. The van der Waals surface area contributed by atoms with Crippen molar-refractivity contribution in [2.75, 3.05) is 20.8 Å². The van der Waals surface area contributed by atoms with Crippen LogP contribution in [0.4, 0.5) is 0 Å². The predicted molar refractivity (Wildman–Crippen MR) is 101 cm³/mol. The van der Waals surface area contributed by atoms with Gasteiger partial charge in [0, 0.05) is 18.9 Å². The largest absolute Gasteiger partial charge is 0.493 e. The Bertz CT molecular complexity index is 774. The number of hydrogen-bond acceptors (Lipinski definition) is 4. The highest BCUT2D eigenvalue weighted by molar-refractivity contribution is 5.94. The number of carbonyl (C=O) groups is 1. The number of methoxy groups -OCH3 is 2. The van der Waals surface area contributed by atoms with Crippen molar-refractivity contribution in [2.45, 2.75) is 32.7 Å². The van der Waals surface area contributed by atoms with Crippen LogP contribution in [0.15, 0.2) is 36.7 Å². The Balaban J connectivity index is 2.02. The lowest BCUT2D eigenvalue weighted by molar-refractivity contribution is 0.0635. The van der Waals surface area contributed by atoms with Gasteiger partial charge in [-0.25, -0.2) is 0 Å². The highest BCUT2D eigenvalue weighted by Crippen LogP contribution is 2.41. The van der Waals surface area contributed by atoms with Gasteiger partial charge in [-0.05, 0) is 54.2 Å². The third-order valence-electron chi connectivity index (χ3n) is 4.87. The lowest BCUT2D eigenvalue weighted by atomic mass is 9.86. The number of nitrogens with zero attached hydrogens (tertiary/aromatic N) is 2. The molecule has 1 aromatic heterocycles. The molecule has 5 nitrogen and oxygen atoms in total. The van der Waals surface area contributed by atoms with Crippen LogP contribution in [0.2, 0.25) is 0 Å². The summed E-state index contributed by atoms with van der Waals surface area (Å²) in [5.74, 6) is 1.93. The molecule has 0 saturated heterocycles. The number of pyridine rings is 1. The normalized spacial score (nSPS) is 16.3. The van der Waals surface area contributed by atoms with Crippen molar-refractivity contribution in [1.82, 2.24) is 9.88 Å². The molecular formula is C21H26N2O3.